The van der Waals surface area contributed by atoms with Crippen molar-refractivity contribution in [2.24, 2.45) is 0 Å². The van der Waals surface area contributed by atoms with Crippen molar-refractivity contribution in [1.29, 1.82) is 0 Å². The molecule has 3 rings (SSSR count). The molecule has 0 bridgehead atoms. The number of nitrogens with zero attached hydrogens (tertiary/aromatic N) is 3. The number of carbonyl (C=O) groups excluding carboxylic acids is 1. The fourth-order valence-electron chi connectivity index (χ4n) is 2.98. The van der Waals surface area contributed by atoms with E-state index in [9.17, 15) is 13.2 Å². The van der Waals surface area contributed by atoms with Crippen LogP contribution in [-0.2, 0) is 10.0 Å². The van der Waals surface area contributed by atoms with Gasteiger partial charge in [0.2, 0.25) is 5.13 Å². The summed E-state index contributed by atoms with van der Waals surface area (Å²) in [5.41, 5.74) is 2.84. The molecule has 1 aromatic heterocycles. The smallest absolute Gasteiger partial charge is 0.293 e. The average molecular weight is 447 g/mol. The Labute approximate surface area is 179 Å². The first-order valence-electron chi connectivity index (χ1n) is 9.14. The number of nitrogens with one attached hydrogen (secondary N) is 1. The zero-order chi connectivity index (χ0) is 21.9. The monoisotopic (exact) mass is 446 g/mol. The third-order valence-corrected chi connectivity index (χ3v) is 7.34. The number of methoxy groups -OCH3 is 1. The molecule has 0 spiro atoms. The van der Waals surface area contributed by atoms with Gasteiger partial charge in [-0.1, -0.05) is 23.5 Å². The molecule has 0 saturated carbocycles. The van der Waals surface area contributed by atoms with Crippen LogP contribution in [0.25, 0.3) is 0 Å². The van der Waals surface area contributed by atoms with Crippen molar-refractivity contribution in [3.8, 4) is 5.75 Å². The van der Waals surface area contributed by atoms with Crippen molar-refractivity contribution in [3.05, 3.63) is 59.2 Å². The summed E-state index contributed by atoms with van der Waals surface area (Å²) in [4.78, 5) is 12.4. The van der Waals surface area contributed by atoms with Gasteiger partial charge in [0.25, 0.3) is 20.3 Å². The van der Waals surface area contributed by atoms with Crippen molar-refractivity contribution < 1.29 is 17.9 Å². The molecule has 30 heavy (non-hydrogen) atoms. The van der Waals surface area contributed by atoms with Gasteiger partial charge < -0.3 is 4.74 Å². The van der Waals surface area contributed by atoms with E-state index < -0.39 is 15.9 Å². The number of anilines is 2. The van der Waals surface area contributed by atoms with Crippen LogP contribution in [-0.4, -0.2) is 38.2 Å². The Kier molecular flexibility index (Phi) is 6.37. The Balaban J connectivity index is 1.85. The highest BCUT2D eigenvalue weighted by Gasteiger charge is 2.28. The van der Waals surface area contributed by atoms with E-state index in [1.54, 1.807) is 43.3 Å². The number of sulfonamides is 1. The lowest BCUT2D eigenvalue weighted by Gasteiger charge is -2.22. The van der Waals surface area contributed by atoms with Gasteiger partial charge >= 0.3 is 0 Å². The number of ether oxygens (including phenoxy) is 1. The summed E-state index contributed by atoms with van der Waals surface area (Å²) in [6, 6.07) is 12.2. The lowest BCUT2D eigenvalue weighted by molar-refractivity contribution is 0.102. The van der Waals surface area contributed by atoms with E-state index in [-0.39, 0.29) is 16.0 Å². The number of benzene rings is 2. The molecular formula is C20H22N4O4S2. The van der Waals surface area contributed by atoms with Crippen LogP contribution >= 0.6 is 11.3 Å². The summed E-state index contributed by atoms with van der Waals surface area (Å²) >= 11 is 0.804. The number of amides is 1. The van der Waals surface area contributed by atoms with E-state index in [4.69, 9.17) is 4.74 Å². The molecule has 0 atom stereocenters. The van der Waals surface area contributed by atoms with Gasteiger partial charge in [-0.15, -0.1) is 10.2 Å². The van der Waals surface area contributed by atoms with E-state index >= 15 is 0 Å². The topological polar surface area (TPSA) is 101 Å². The second kappa shape index (κ2) is 8.80. The average Bonchev–Trinajstić information content (AvgIpc) is 3.17. The number of aromatic nitrogens is 2. The van der Waals surface area contributed by atoms with Crippen LogP contribution < -0.4 is 14.4 Å². The van der Waals surface area contributed by atoms with E-state index in [1.807, 2.05) is 19.9 Å². The molecule has 8 nitrogen and oxygen atoms in total. The predicted octanol–water partition coefficient (Wildman–Crippen LogP) is 3.63. The van der Waals surface area contributed by atoms with Crippen molar-refractivity contribution in [2.75, 3.05) is 23.3 Å². The molecule has 1 amide bonds. The highest BCUT2D eigenvalue weighted by atomic mass is 32.2. The number of aryl methyl sites for hydroxylation is 2. The molecule has 0 aliphatic carbocycles. The normalized spacial score (nSPS) is 11.2. The standard InChI is InChI=1S/C20H22N4O4S2/c1-5-24(16-10-13(2)9-14(3)11-16)30(26,27)20-23-22-19(29-20)21-18(25)15-7-6-8-17(12-15)28-4/h6-12H,5H2,1-4H3,(H,21,22,25). The van der Waals surface area contributed by atoms with Gasteiger partial charge in [-0.25, -0.2) is 0 Å². The van der Waals surface area contributed by atoms with Gasteiger partial charge in [0.15, 0.2) is 0 Å². The van der Waals surface area contributed by atoms with Crippen LogP contribution in [0, 0.1) is 13.8 Å². The molecular weight excluding hydrogens is 424 g/mol. The second-order valence-corrected chi connectivity index (χ2v) is 9.59. The maximum absolute atomic E-state index is 13.1. The van der Waals surface area contributed by atoms with E-state index in [0.717, 1.165) is 22.5 Å². The third kappa shape index (κ3) is 4.60. The Morgan fingerprint density at radius 3 is 2.47 bits per heavy atom. The van der Waals surface area contributed by atoms with Crippen LogP contribution in [0.3, 0.4) is 0 Å². The molecule has 0 saturated heterocycles. The minimum absolute atomic E-state index is 0.0953. The van der Waals surface area contributed by atoms with Crippen LogP contribution in [0.2, 0.25) is 0 Å². The second-order valence-electron chi connectivity index (χ2n) is 6.57. The molecule has 10 heteroatoms. The van der Waals surface area contributed by atoms with Crippen molar-refractivity contribution in [2.45, 2.75) is 25.1 Å². The molecule has 0 aliphatic rings. The van der Waals surface area contributed by atoms with Crippen LogP contribution in [0.5, 0.6) is 5.75 Å². The van der Waals surface area contributed by atoms with Gasteiger partial charge in [0.05, 0.1) is 12.8 Å². The minimum Gasteiger partial charge on any atom is -0.497 e. The summed E-state index contributed by atoms with van der Waals surface area (Å²) in [5, 5.41) is 10.3. The molecule has 1 N–H and O–H groups in total. The maximum atomic E-state index is 13.1. The Hall–Kier alpha value is -2.98. The fraction of sp³-hybridized carbons (Fsp3) is 0.250. The lowest BCUT2D eigenvalue weighted by Crippen LogP contribution is -2.30. The summed E-state index contributed by atoms with van der Waals surface area (Å²) < 4.78 is 32.5. The molecule has 1 heterocycles. The molecule has 0 fully saturated rings. The Bertz CT molecular complexity index is 1150. The van der Waals surface area contributed by atoms with Gasteiger partial charge in [-0.3, -0.25) is 14.4 Å². The summed E-state index contributed by atoms with van der Waals surface area (Å²) in [5.74, 6) is 0.103. The minimum atomic E-state index is -3.92. The van der Waals surface area contributed by atoms with Crippen molar-refractivity contribution in [1.82, 2.24) is 10.2 Å². The maximum Gasteiger partial charge on any atom is 0.293 e. The fourth-order valence-corrected chi connectivity index (χ4v) is 5.43. The quantitative estimate of drug-likeness (QED) is 0.556. The Morgan fingerprint density at radius 2 is 1.83 bits per heavy atom. The molecule has 0 radical (unpaired) electrons. The molecule has 0 aliphatic heterocycles. The predicted molar refractivity (Wildman–Crippen MR) is 117 cm³/mol. The number of hydrogen-bond acceptors (Lipinski definition) is 7. The lowest BCUT2D eigenvalue weighted by atomic mass is 10.1. The molecule has 158 valence electrons. The van der Waals surface area contributed by atoms with Crippen molar-refractivity contribution in [3.63, 3.8) is 0 Å². The zero-order valence-electron chi connectivity index (χ0n) is 17.0. The molecule has 2 aromatic carbocycles. The third-order valence-electron chi connectivity index (χ3n) is 4.25. The number of carbonyl (C=O) groups is 1. The zero-order valence-corrected chi connectivity index (χ0v) is 18.7. The first kappa shape index (κ1) is 21.7. The van der Waals surface area contributed by atoms with Crippen molar-refractivity contribution >= 4 is 38.1 Å². The number of rotatable bonds is 7. The van der Waals surface area contributed by atoms with Gasteiger partial charge in [0, 0.05) is 12.1 Å². The summed E-state index contributed by atoms with van der Waals surface area (Å²) in [6.45, 7) is 5.81. The highest BCUT2D eigenvalue weighted by molar-refractivity contribution is 7.94. The highest BCUT2D eigenvalue weighted by Crippen LogP contribution is 2.29. The molecule has 3 aromatic rings. The van der Waals surface area contributed by atoms with E-state index in [0.29, 0.717) is 17.0 Å². The van der Waals surface area contributed by atoms with Crippen LogP contribution in [0.15, 0.2) is 46.8 Å². The van der Waals surface area contributed by atoms with Gasteiger partial charge in [-0.2, -0.15) is 8.42 Å². The van der Waals surface area contributed by atoms with Crippen LogP contribution in [0.1, 0.15) is 28.4 Å². The Morgan fingerprint density at radius 1 is 1.13 bits per heavy atom. The van der Waals surface area contributed by atoms with Crippen LogP contribution in [0.4, 0.5) is 10.8 Å². The summed E-state index contributed by atoms with van der Waals surface area (Å²) in [7, 11) is -2.41. The van der Waals surface area contributed by atoms with Gasteiger partial charge in [-0.05, 0) is 62.2 Å². The van der Waals surface area contributed by atoms with E-state index in [2.05, 4.69) is 15.5 Å². The molecule has 0 unspecified atom stereocenters. The first-order valence-corrected chi connectivity index (χ1v) is 11.4. The van der Waals surface area contributed by atoms with E-state index in [1.165, 1.54) is 11.4 Å². The largest absolute Gasteiger partial charge is 0.497 e. The van der Waals surface area contributed by atoms with Gasteiger partial charge in [0.1, 0.15) is 5.75 Å². The SMILES string of the molecule is CCN(c1cc(C)cc(C)c1)S(=O)(=O)c1nnc(NC(=O)c2cccc(OC)c2)s1. The first-order chi connectivity index (χ1) is 14.2. The number of hydrogen-bond donors (Lipinski definition) is 1. The summed E-state index contributed by atoms with van der Waals surface area (Å²) in [6.07, 6.45) is 0.